The van der Waals surface area contributed by atoms with Gasteiger partial charge >= 0.3 is 0 Å². The molecule has 0 radical (unpaired) electrons. The van der Waals surface area contributed by atoms with Gasteiger partial charge in [-0.3, -0.25) is 9.59 Å². The smallest absolute Gasteiger partial charge is 0.220 e. The molecule has 0 saturated carbocycles. The molecule has 2 rings (SSSR count). The number of amides is 1. The number of Topliss-reactive ketones (excluding diaryl/α,β-unsaturated/α-hetero) is 1. The van der Waals surface area contributed by atoms with Crippen molar-refractivity contribution in [3.63, 3.8) is 0 Å². The molecule has 1 heterocycles. The summed E-state index contributed by atoms with van der Waals surface area (Å²) in [5.41, 5.74) is 0.645. The highest BCUT2D eigenvalue weighted by molar-refractivity contribution is 5.97. The predicted molar refractivity (Wildman–Crippen MR) is 86.0 cm³/mol. The summed E-state index contributed by atoms with van der Waals surface area (Å²) in [5.74, 6) is 0.663. The van der Waals surface area contributed by atoms with E-state index in [9.17, 15) is 9.59 Å². The molecule has 0 atom stereocenters. The summed E-state index contributed by atoms with van der Waals surface area (Å²) in [7, 11) is 0. The zero-order valence-electron chi connectivity index (χ0n) is 13.0. The first-order valence-electron chi connectivity index (χ1n) is 7.71. The molecule has 1 N–H and O–H groups in total. The number of ether oxygens (including phenoxy) is 1. The van der Waals surface area contributed by atoms with E-state index < -0.39 is 0 Å². The number of carbonyl (C=O) groups is 2. The molecule has 0 unspecified atom stereocenters. The van der Waals surface area contributed by atoms with Gasteiger partial charge in [-0.25, -0.2) is 0 Å². The summed E-state index contributed by atoms with van der Waals surface area (Å²) >= 11 is 0. The van der Waals surface area contributed by atoms with E-state index in [1.54, 1.807) is 18.4 Å². The third-order valence-electron chi connectivity index (χ3n) is 3.29. The second kappa shape index (κ2) is 9.58. The highest BCUT2D eigenvalue weighted by Gasteiger charge is 2.08. The number of hydrogen-bond donors (Lipinski definition) is 1. The van der Waals surface area contributed by atoms with Crippen molar-refractivity contribution in [1.29, 1.82) is 0 Å². The molecule has 0 aliphatic carbocycles. The summed E-state index contributed by atoms with van der Waals surface area (Å²) < 4.78 is 10.6. The van der Waals surface area contributed by atoms with Crippen LogP contribution in [0.3, 0.4) is 0 Å². The molecule has 122 valence electrons. The average molecular weight is 315 g/mol. The molecule has 1 aromatic carbocycles. The van der Waals surface area contributed by atoms with Gasteiger partial charge in [-0.05, 0) is 18.6 Å². The van der Waals surface area contributed by atoms with Crippen LogP contribution in [0, 0.1) is 0 Å². The molecule has 0 aliphatic rings. The fraction of sp³-hybridized carbons (Fsp3) is 0.333. The molecule has 0 saturated heterocycles. The maximum atomic E-state index is 11.9. The second-order valence-corrected chi connectivity index (χ2v) is 5.12. The van der Waals surface area contributed by atoms with Crippen molar-refractivity contribution in [3.05, 3.63) is 60.1 Å². The van der Waals surface area contributed by atoms with Gasteiger partial charge in [-0.1, -0.05) is 30.3 Å². The van der Waals surface area contributed by atoms with Gasteiger partial charge < -0.3 is 14.5 Å². The Morgan fingerprint density at radius 1 is 1.04 bits per heavy atom. The van der Waals surface area contributed by atoms with Gasteiger partial charge in [0.05, 0.1) is 6.26 Å². The van der Waals surface area contributed by atoms with Crippen LogP contribution in [0.15, 0.2) is 53.1 Å². The molecule has 0 bridgehead atoms. The molecule has 2 aromatic rings. The van der Waals surface area contributed by atoms with Gasteiger partial charge in [-0.15, -0.1) is 0 Å². The number of nitrogens with one attached hydrogen (secondary N) is 1. The second-order valence-electron chi connectivity index (χ2n) is 5.12. The number of rotatable bonds is 10. The molecule has 5 heteroatoms. The molecule has 0 spiro atoms. The Kier molecular flexibility index (Phi) is 7.07. The Hall–Kier alpha value is -2.40. The molecule has 0 aliphatic heterocycles. The summed E-state index contributed by atoms with van der Waals surface area (Å²) in [4.78, 5) is 23.5. The van der Waals surface area contributed by atoms with E-state index >= 15 is 0 Å². The SMILES string of the molecule is O=C(CCC(=O)c1ccccc1)NCCCOCc1ccco1. The van der Waals surface area contributed by atoms with Crippen molar-refractivity contribution >= 4 is 11.7 Å². The zero-order valence-corrected chi connectivity index (χ0v) is 13.0. The summed E-state index contributed by atoms with van der Waals surface area (Å²) in [6.45, 7) is 1.52. The first-order valence-corrected chi connectivity index (χ1v) is 7.71. The summed E-state index contributed by atoms with van der Waals surface area (Å²) in [5, 5.41) is 2.79. The van der Waals surface area contributed by atoms with Crippen LogP contribution in [0.1, 0.15) is 35.4 Å². The van der Waals surface area contributed by atoms with Gasteiger partial charge in [0.1, 0.15) is 12.4 Å². The van der Waals surface area contributed by atoms with Crippen molar-refractivity contribution in [3.8, 4) is 0 Å². The topological polar surface area (TPSA) is 68.5 Å². The zero-order chi connectivity index (χ0) is 16.3. The average Bonchev–Trinajstić information content (AvgIpc) is 3.10. The highest BCUT2D eigenvalue weighted by Crippen LogP contribution is 2.05. The molecular formula is C18H21NO4. The Morgan fingerprint density at radius 3 is 2.61 bits per heavy atom. The van der Waals surface area contributed by atoms with Crippen LogP contribution in [-0.4, -0.2) is 24.8 Å². The first-order chi connectivity index (χ1) is 11.3. The Morgan fingerprint density at radius 2 is 1.87 bits per heavy atom. The number of hydrogen-bond acceptors (Lipinski definition) is 4. The lowest BCUT2D eigenvalue weighted by Crippen LogP contribution is -2.25. The molecular weight excluding hydrogens is 294 g/mol. The van der Waals surface area contributed by atoms with Crippen molar-refractivity contribution in [2.24, 2.45) is 0 Å². The van der Waals surface area contributed by atoms with Gasteiger partial charge in [0.25, 0.3) is 0 Å². The molecule has 1 aromatic heterocycles. The fourth-order valence-electron chi connectivity index (χ4n) is 2.05. The standard InChI is InChI=1S/C18H21NO4/c20-17(15-6-2-1-3-7-15)9-10-18(21)19-11-5-12-22-14-16-8-4-13-23-16/h1-4,6-8,13H,5,9-12,14H2,(H,19,21). The van der Waals surface area contributed by atoms with E-state index in [0.717, 1.165) is 12.2 Å². The fourth-order valence-corrected chi connectivity index (χ4v) is 2.05. The van der Waals surface area contributed by atoms with Gasteiger partial charge in [0.2, 0.25) is 5.91 Å². The Balaban J connectivity index is 1.51. The van der Waals surface area contributed by atoms with Crippen LogP contribution in [0.5, 0.6) is 0 Å². The van der Waals surface area contributed by atoms with Gasteiger partial charge in [0, 0.05) is 31.6 Å². The van der Waals surface area contributed by atoms with Gasteiger partial charge in [-0.2, -0.15) is 0 Å². The summed E-state index contributed by atoms with van der Waals surface area (Å²) in [6.07, 6.45) is 2.76. The quantitative estimate of drug-likeness (QED) is 0.540. The van der Waals surface area contributed by atoms with E-state index in [2.05, 4.69) is 5.32 Å². The number of furan rings is 1. The van der Waals surface area contributed by atoms with E-state index in [1.165, 1.54) is 0 Å². The maximum Gasteiger partial charge on any atom is 0.220 e. The van der Waals surface area contributed by atoms with Crippen molar-refractivity contribution in [2.45, 2.75) is 25.9 Å². The number of benzene rings is 1. The summed E-state index contributed by atoms with van der Waals surface area (Å²) in [6, 6.07) is 12.7. The van der Waals surface area contributed by atoms with Crippen LogP contribution in [-0.2, 0) is 16.1 Å². The first kappa shape index (κ1) is 17.0. The van der Waals surface area contributed by atoms with Crippen LogP contribution in [0.2, 0.25) is 0 Å². The molecule has 5 nitrogen and oxygen atoms in total. The van der Waals surface area contributed by atoms with Gasteiger partial charge in [0.15, 0.2) is 5.78 Å². The predicted octanol–water partition coefficient (Wildman–Crippen LogP) is 2.97. The molecule has 23 heavy (non-hydrogen) atoms. The van der Waals surface area contributed by atoms with Crippen LogP contribution in [0.25, 0.3) is 0 Å². The lowest BCUT2D eigenvalue weighted by atomic mass is 10.1. The largest absolute Gasteiger partial charge is 0.467 e. The van der Waals surface area contributed by atoms with E-state index in [0.29, 0.717) is 25.3 Å². The third-order valence-corrected chi connectivity index (χ3v) is 3.29. The number of carbonyl (C=O) groups excluding carboxylic acids is 2. The highest BCUT2D eigenvalue weighted by atomic mass is 16.5. The maximum absolute atomic E-state index is 11.9. The monoisotopic (exact) mass is 315 g/mol. The van der Waals surface area contributed by atoms with Crippen LogP contribution < -0.4 is 5.32 Å². The lowest BCUT2D eigenvalue weighted by Gasteiger charge is -2.05. The van der Waals surface area contributed by atoms with Crippen LogP contribution in [0.4, 0.5) is 0 Å². The Labute approximate surface area is 135 Å². The van der Waals surface area contributed by atoms with Crippen molar-refractivity contribution < 1.29 is 18.7 Å². The minimum absolute atomic E-state index is 0.0115. The van der Waals surface area contributed by atoms with E-state index in [4.69, 9.17) is 9.15 Å². The van der Waals surface area contributed by atoms with E-state index in [1.807, 2.05) is 30.3 Å². The normalized spacial score (nSPS) is 10.4. The van der Waals surface area contributed by atoms with E-state index in [-0.39, 0.29) is 24.5 Å². The lowest BCUT2D eigenvalue weighted by molar-refractivity contribution is -0.121. The van der Waals surface area contributed by atoms with Crippen molar-refractivity contribution in [2.75, 3.05) is 13.2 Å². The number of ketones is 1. The van der Waals surface area contributed by atoms with Crippen molar-refractivity contribution in [1.82, 2.24) is 5.32 Å². The minimum atomic E-state index is -0.111. The van der Waals surface area contributed by atoms with Crippen LogP contribution >= 0.6 is 0 Å². The third kappa shape index (κ3) is 6.48. The Bertz CT molecular complexity index is 593. The molecule has 0 fully saturated rings. The minimum Gasteiger partial charge on any atom is -0.467 e. The molecule has 1 amide bonds.